The fourth-order valence-electron chi connectivity index (χ4n) is 3.78. The van der Waals surface area contributed by atoms with Gasteiger partial charge in [0.2, 0.25) is 0 Å². The zero-order chi connectivity index (χ0) is 18.5. The number of nitrogens with zero attached hydrogens (tertiary/aromatic N) is 1. The smallest absolute Gasteiger partial charge is 0.140 e. The molecule has 0 amide bonds. The second-order valence-corrected chi connectivity index (χ2v) is 8.04. The molecule has 2 heteroatoms. The molecular weight excluding hydrogens is 318 g/mol. The van der Waals surface area contributed by atoms with E-state index in [0.29, 0.717) is 5.92 Å². The van der Waals surface area contributed by atoms with Crippen molar-refractivity contribution in [1.82, 2.24) is 4.98 Å². The molecule has 0 radical (unpaired) electrons. The Hall–Kier alpha value is -2.61. The third-order valence-corrected chi connectivity index (χ3v) is 5.44. The van der Waals surface area contributed by atoms with Crippen LogP contribution in [0.4, 0.5) is 0 Å². The standard InChI is InChI=1S/C24H25NO/c1-15(2)17-11-12-25-21(14-17)18-7-6-8-20-23(18)26-22-13-16(3)9-10-19(22)24(20,4)5/h6-15H,1-5H3. The molecule has 1 aliphatic heterocycles. The average Bonchev–Trinajstić information content (AvgIpc) is 2.61. The lowest BCUT2D eigenvalue weighted by Crippen LogP contribution is -2.24. The highest BCUT2D eigenvalue weighted by atomic mass is 16.5. The second-order valence-electron chi connectivity index (χ2n) is 8.04. The molecular formula is C24H25NO. The summed E-state index contributed by atoms with van der Waals surface area (Å²) in [6, 6.07) is 17.2. The summed E-state index contributed by atoms with van der Waals surface area (Å²) >= 11 is 0. The minimum atomic E-state index is -0.109. The maximum atomic E-state index is 6.44. The summed E-state index contributed by atoms with van der Waals surface area (Å²) in [5.41, 5.74) is 6.87. The van der Waals surface area contributed by atoms with Gasteiger partial charge in [0, 0.05) is 28.3 Å². The van der Waals surface area contributed by atoms with Gasteiger partial charge in [-0.15, -0.1) is 0 Å². The number of aryl methyl sites for hydroxylation is 1. The Labute approximate surface area is 155 Å². The van der Waals surface area contributed by atoms with Crippen LogP contribution < -0.4 is 4.74 Å². The van der Waals surface area contributed by atoms with Crippen LogP contribution in [-0.4, -0.2) is 4.98 Å². The van der Waals surface area contributed by atoms with Crippen molar-refractivity contribution in [3.8, 4) is 22.8 Å². The van der Waals surface area contributed by atoms with Gasteiger partial charge < -0.3 is 4.74 Å². The van der Waals surface area contributed by atoms with Gasteiger partial charge in [-0.3, -0.25) is 4.98 Å². The van der Waals surface area contributed by atoms with Crippen LogP contribution in [-0.2, 0) is 5.41 Å². The summed E-state index contributed by atoms with van der Waals surface area (Å²) in [7, 11) is 0. The van der Waals surface area contributed by atoms with Crippen molar-refractivity contribution >= 4 is 0 Å². The summed E-state index contributed by atoms with van der Waals surface area (Å²) < 4.78 is 6.44. The van der Waals surface area contributed by atoms with Crippen LogP contribution in [0.25, 0.3) is 11.3 Å². The van der Waals surface area contributed by atoms with E-state index < -0.39 is 0 Å². The van der Waals surface area contributed by atoms with Crippen LogP contribution in [0.1, 0.15) is 55.9 Å². The molecule has 0 aliphatic carbocycles. The fraction of sp³-hybridized carbons (Fsp3) is 0.292. The van der Waals surface area contributed by atoms with Crippen molar-refractivity contribution in [2.24, 2.45) is 0 Å². The van der Waals surface area contributed by atoms with Crippen molar-refractivity contribution in [3.05, 3.63) is 77.0 Å². The molecule has 132 valence electrons. The highest BCUT2D eigenvalue weighted by Gasteiger charge is 2.35. The predicted octanol–water partition coefficient (Wildman–Crippen LogP) is 6.61. The molecule has 1 aliphatic rings. The highest BCUT2D eigenvalue weighted by molar-refractivity contribution is 5.74. The summed E-state index contributed by atoms with van der Waals surface area (Å²) in [6.07, 6.45) is 1.90. The van der Waals surface area contributed by atoms with Crippen LogP contribution in [0.3, 0.4) is 0 Å². The average molecular weight is 343 g/mol. The molecule has 0 fully saturated rings. The SMILES string of the molecule is Cc1ccc2c(c1)Oc1c(-c3cc(C(C)C)ccn3)cccc1C2(C)C. The lowest BCUT2D eigenvalue weighted by atomic mass is 9.75. The Morgan fingerprint density at radius 2 is 1.77 bits per heavy atom. The highest BCUT2D eigenvalue weighted by Crippen LogP contribution is 2.51. The Balaban J connectivity index is 1.92. The Bertz CT molecular complexity index is 985. The van der Waals surface area contributed by atoms with Crippen molar-refractivity contribution in [2.75, 3.05) is 0 Å². The van der Waals surface area contributed by atoms with Gasteiger partial charge in [-0.25, -0.2) is 0 Å². The summed E-state index contributed by atoms with van der Waals surface area (Å²) in [4.78, 5) is 4.64. The Kier molecular flexibility index (Phi) is 3.87. The van der Waals surface area contributed by atoms with E-state index in [9.17, 15) is 0 Å². The third-order valence-electron chi connectivity index (χ3n) is 5.44. The molecule has 3 aromatic rings. The zero-order valence-electron chi connectivity index (χ0n) is 16.1. The van der Waals surface area contributed by atoms with Gasteiger partial charge in [-0.1, -0.05) is 52.0 Å². The largest absolute Gasteiger partial charge is 0.456 e. The fourth-order valence-corrected chi connectivity index (χ4v) is 3.78. The number of benzene rings is 2. The Morgan fingerprint density at radius 1 is 0.962 bits per heavy atom. The number of pyridine rings is 1. The van der Waals surface area contributed by atoms with E-state index in [1.807, 2.05) is 6.20 Å². The normalized spacial score (nSPS) is 14.5. The van der Waals surface area contributed by atoms with E-state index in [0.717, 1.165) is 22.8 Å². The molecule has 0 saturated heterocycles. The van der Waals surface area contributed by atoms with E-state index in [1.165, 1.54) is 22.3 Å². The first-order valence-corrected chi connectivity index (χ1v) is 9.26. The first-order chi connectivity index (χ1) is 12.4. The number of ether oxygens (including phenoxy) is 1. The van der Waals surface area contributed by atoms with Gasteiger partial charge in [0.25, 0.3) is 0 Å². The molecule has 0 atom stereocenters. The van der Waals surface area contributed by atoms with Gasteiger partial charge in [0.05, 0.1) is 5.69 Å². The molecule has 26 heavy (non-hydrogen) atoms. The molecule has 2 nitrogen and oxygen atoms in total. The van der Waals surface area contributed by atoms with E-state index in [-0.39, 0.29) is 5.41 Å². The van der Waals surface area contributed by atoms with Crippen molar-refractivity contribution in [3.63, 3.8) is 0 Å². The van der Waals surface area contributed by atoms with Crippen molar-refractivity contribution in [2.45, 2.75) is 46.0 Å². The first kappa shape index (κ1) is 16.8. The predicted molar refractivity (Wildman–Crippen MR) is 107 cm³/mol. The number of para-hydroxylation sites is 1. The van der Waals surface area contributed by atoms with Crippen LogP contribution in [0, 0.1) is 6.92 Å². The van der Waals surface area contributed by atoms with Gasteiger partial charge in [0.1, 0.15) is 11.5 Å². The summed E-state index contributed by atoms with van der Waals surface area (Å²) in [6.45, 7) is 11.1. The van der Waals surface area contributed by atoms with Crippen LogP contribution >= 0.6 is 0 Å². The summed E-state index contributed by atoms with van der Waals surface area (Å²) in [5, 5.41) is 0. The van der Waals surface area contributed by atoms with Crippen molar-refractivity contribution in [1.29, 1.82) is 0 Å². The van der Waals surface area contributed by atoms with Crippen LogP contribution in [0.15, 0.2) is 54.7 Å². The molecule has 1 aromatic heterocycles. The van der Waals surface area contributed by atoms with E-state index in [2.05, 4.69) is 88.1 Å². The van der Waals surface area contributed by atoms with Gasteiger partial charge in [-0.2, -0.15) is 0 Å². The molecule has 0 spiro atoms. The summed E-state index contributed by atoms with van der Waals surface area (Å²) in [5.74, 6) is 2.36. The number of hydrogen-bond acceptors (Lipinski definition) is 2. The minimum absolute atomic E-state index is 0.109. The number of fused-ring (bicyclic) bond motifs is 2. The second kappa shape index (κ2) is 5.98. The molecule has 0 N–H and O–H groups in total. The van der Waals surface area contributed by atoms with Gasteiger partial charge >= 0.3 is 0 Å². The lowest BCUT2D eigenvalue weighted by Gasteiger charge is -2.35. The van der Waals surface area contributed by atoms with E-state index in [4.69, 9.17) is 4.74 Å². The number of aromatic nitrogens is 1. The number of rotatable bonds is 2. The van der Waals surface area contributed by atoms with Gasteiger partial charge in [0.15, 0.2) is 0 Å². The molecule has 0 saturated carbocycles. The van der Waals surface area contributed by atoms with Crippen molar-refractivity contribution < 1.29 is 4.74 Å². The molecule has 0 unspecified atom stereocenters. The quantitative estimate of drug-likeness (QED) is 0.522. The third kappa shape index (κ3) is 2.61. The molecule has 0 bridgehead atoms. The minimum Gasteiger partial charge on any atom is -0.456 e. The maximum Gasteiger partial charge on any atom is 0.140 e. The van der Waals surface area contributed by atoms with Gasteiger partial charge in [-0.05, 0) is 48.2 Å². The van der Waals surface area contributed by atoms with Crippen LogP contribution in [0.2, 0.25) is 0 Å². The molecule has 2 aromatic carbocycles. The monoisotopic (exact) mass is 343 g/mol. The van der Waals surface area contributed by atoms with E-state index in [1.54, 1.807) is 0 Å². The van der Waals surface area contributed by atoms with E-state index >= 15 is 0 Å². The number of hydrogen-bond donors (Lipinski definition) is 0. The molecule has 2 heterocycles. The van der Waals surface area contributed by atoms with Crippen LogP contribution in [0.5, 0.6) is 11.5 Å². The lowest BCUT2D eigenvalue weighted by molar-refractivity contribution is 0.419. The topological polar surface area (TPSA) is 22.1 Å². The maximum absolute atomic E-state index is 6.44. The zero-order valence-corrected chi connectivity index (χ0v) is 16.1. The Morgan fingerprint density at radius 3 is 2.54 bits per heavy atom. The molecule has 4 rings (SSSR count). The first-order valence-electron chi connectivity index (χ1n) is 9.26.